The molecule has 1 saturated heterocycles. The smallest absolute Gasteiger partial charge is 0.362 e. The average molecular weight is 479 g/mol. The second kappa shape index (κ2) is 9.98. The minimum Gasteiger partial charge on any atom is -0.362 e. The van der Waals surface area contributed by atoms with E-state index in [0.29, 0.717) is 11.8 Å². The molecule has 2 N–H and O–H groups in total. The number of carbonyl (C=O) groups excluding carboxylic acids is 2. The van der Waals surface area contributed by atoms with E-state index in [1.807, 2.05) is 6.07 Å². The number of hydrogen-bond acceptors (Lipinski definition) is 5. The first-order valence-electron chi connectivity index (χ1n) is 10.5. The van der Waals surface area contributed by atoms with Gasteiger partial charge in [-0.25, -0.2) is 4.79 Å². The van der Waals surface area contributed by atoms with Crippen molar-refractivity contribution < 1.29 is 27.7 Å². The fourth-order valence-corrected chi connectivity index (χ4v) is 3.71. The Balaban J connectivity index is 1.63. The first kappa shape index (κ1) is 24.8. The fourth-order valence-electron chi connectivity index (χ4n) is 3.71. The molecular weight excluding hydrogens is 455 g/mol. The molecule has 3 rings (SSSR count). The molecule has 1 aliphatic rings. The summed E-state index contributed by atoms with van der Waals surface area (Å²) in [6, 6.07) is 8.84. The number of nitrogens with zero attached hydrogens (tertiary/aromatic N) is 3. The van der Waals surface area contributed by atoms with E-state index in [1.54, 1.807) is 34.9 Å². The zero-order valence-corrected chi connectivity index (χ0v) is 18.6. The molecule has 0 aromatic heterocycles. The normalized spacial score (nSPS) is 15.0. The van der Waals surface area contributed by atoms with Crippen LogP contribution in [0.15, 0.2) is 42.5 Å². The third-order valence-electron chi connectivity index (χ3n) is 5.45. The molecule has 34 heavy (non-hydrogen) atoms. The van der Waals surface area contributed by atoms with Gasteiger partial charge in [-0.05, 0) is 36.8 Å². The van der Waals surface area contributed by atoms with Crippen molar-refractivity contribution in [2.75, 3.05) is 36.4 Å². The number of urea groups is 1. The van der Waals surface area contributed by atoms with Crippen LogP contribution >= 0.6 is 0 Å². The van der Waals surface area contributed by atoms with Gasteiger partial charge >= 0.3 is 12.2 Å². The number of benzene rings is 2. The molecule has 0 aliphatic carbocycles. The Morgan fingerprint density at radius 1 is 1.09 bits per heavy atom. The fraction of sp³-hybridized carbons (Fsp3) is 0.364. The number of alkyl halides is 3. The van der Waals surface area contributed by atoms with Gasteiger partial charge in [-0.3, -0.25) is 14.9 Å². The molecule has 0 spiro atoms. The molecule has 3 amide bonds. The van der Waals surface area contributed by atoms with Crippen LogP contribution in [0.2, 0.25) is 0 Å². The molecule has 1 atom stereocenters. The summed E-state index contributed by atoms with van der Waals surface area (Å²) in [5.74, 6) is -0.208. The van der Waals surface area contributed by atoms with Gasteiger partial charge in [0.1, 0.15) is 5.69 Å². The third kappa shape index (κ3) is 5.94. The van der Waals surface area contributed by atoms with E-state index in [9.17, 15) is 32.9 Å². The summed E-state index contributed by atoms with van der Waals surface area (Å²) in [4.78, 5) is 37.6. The van der Waals surface area contributed by atoms with E-state index in [2.05, 4.69) is 10.6 Å². The third-order valence-corrected chi connectivity index (χ3v) is 5.45. The van der Waals surface area contributed by atoms with Gasteiger partial charge < -0.3 is 20.4 Å². The molecule has 1 aliphatic heterocycles. The SMILES string of the molecule is CC(=O)Nc1cccc(C(C)NC(=O)N2CCN(c3ccc(C(F)(F)F)cc3[N+](=O)[O-])CC2)c1. The highest BCUT2D eigenvalue weighted by Gasteiger charge is 2.34. The molecule has 1 unspecified atom stereocenters. The highest BCUT2D eigenvalue weighted by molar-refractivity contribution is 5.88. The van der Waals surface area contributed by atoms with Gasteiger partial charge in [-0.15, -0.1) is 0 Å². The first-order chi connectivity index (χ1) is 16.0. The van der Waals surface area contributed by atoms with Crippen molar-refractivity contribution in [3.63, 3.8) is 0 Å². The van der Waals surface area contributed by atoms with Gasteiger partial charge in [0.05, 0.1) is 16.5 Å². The topological polar surface area (TPSA) is 108 Å². The molecule has 182 valence electrons. The van der Waals surface area contributed by atoms with Crippen molar-refractivity contribution >= 4 is 29.0 Å². The molecule has 2 aromatic carbocycles. The molecule has 9 nitrogen and oxygen atoms in total. The van der Waals surface area contributed by atoms with Crippen LogP contribution in [0.3, 0.4) is 0 Å². The van der Waals surface area contributed by atoms with E-state index in [4.69, 9.17) is 0 Å². The van der Waals surface area contributed by atoms with Crippen molar-refractivity contribution in [1.82, 2.24) is 10.2 Å². The van der Waals surface area contributed by atoms with E-state index < -0.39 is 22.4 Å². The Labute approximate surface area is 193 Å². The van der Waals surface area contributed by atoms with E-state index in [-0.39, 0.29) is 49.8 Å². The van der Waals surface area contributed by atoms with Crippen LogP contribution in [-0.2, 0) is 11.0 Å². The molecule has 0 bridgehead atoms. The Bertz CT molecular complexity index is 1080. The summed E-state index contributed by atoms with van der Waals surface area (Å²) in [5.41, 5.74) is -0.226. The number of halogens is 3. The predicted molar refractivity (Wildman–Crippen MR) is 120 cm³/mol. The molecule has 2 aromatic rings. The van der Waals surface area contributed by atoms with Crippen molar-refractivity contribution in [1.29, 1.82) is 0 Å². The summed E-state index contributed by atoms with van der Waals surface area (Å²) in [6.45, 7) is 4.13. The van der Waals surface area contributed by atoms with Crippen LogP contribution in [0.25, 0.3) is 0 Å². The lowest BCUT2D eigenvalue weighted by molar-refractivity contribution is -0.384. The van der Waals surface area contributed by atoms with Gasteiger partial charge in [0.15, 0.2) is 0 Å². The number of nitrogens with one attached hydrogen (secondary N) is 2. The zero-order chi connectivity index (χ0) is 25.0. The summed E-state index contributed by atoms with van der Waals surface area (Å²) < 4.78 is 38.8. The molecule has 0 saturated carbocycles. The summed E-state index contributed by atoms with van der Waals surface area (Å²) in [5, 5.41) is 16.9. The van der Waals surface area contributed by atoms with Crippen LogP contribution in [0.1, 0.15) is 31.0 Å². The van der Waals surface area contributed by atoms with Crippen molar-refractivity contribution in [3.05, 3.63) is 63.7 Å². The number of rotatable bonds is 5. The van der Waals surface area contributed by atoms with Gasteiger partial charge in [-0.2, -0.15) is 13.2 Å². The molecule has 1 heterocycles. The Hall–Kier alpha value is -3.83. The predicted octanol–water partition coefficient (Wildman–Crippen LogP) is 4.16. The van der Waals surface area contributed by atoms with E-state index in [1.165, 1.54) is 6.92 Å². The highest BCUT2D eigenvalue weighted by atomic mass is 19.4. The quantitative estimate of drug-likeness (QED) is 0.495. The number of piperazine rings is 1. The second-order valence-electron chi connectivity index (χ2n) is 7.91. The maximum atomic E-state index is 12.9. The largest absolute Gasteiger partial charge is 0.416 e. The lowest BCUT2D eigenvalue weighted by atomic mass is 10.1. The first-order valence-corrected chi connectivity index (χ1v) is 10.5. The lowest BCUT2D eigenvalue weighted by Crippen LogP contribution is -2.52. The number of nitro benzene ring substituents is 1. The number of amides is 3. The van der Waals surface area contributed by atoms with E-state index in [0.717, 1.165) is 17.7 Å². The number of carbonyl (C=O) groups is 2. The van der Waals surface area contributed by atoms with Gasteiger partial charge in [0, 0.05) is 44.9 Å². The molecular formula is C22H24F3N5O4. The summed E-state index contributed by atoms with van der Waals surface area (Å²) in [6.07, 6.45) is -4.68. The highest BCUT2D eigenvalue weighted by Crippen LogP contribution is 2.36. The van der Waals surface area contributed by atoms with Crippen LogP contribution < -0.4 is 15.5 Å². The Kier molecular flexibility index (Phi) is 7.28. The minimum atomic E-state index is -4.68. The zero-order valence-electron chi connectivity index (χ0n) is 18.6. The van der Waals surface area contributed by atoms with Crippen molar-refractivity contribution in [2.24, 2.45) is 0 Å². The lowest BCUT2D eigenvalue weighted by Gasteiger charge is -2.36. The molecule has 12 heteroatoms. The summed E-state index contributed by atoms with van der Waals surface area (Å²) in [7, 11) is 0. The van der Waals surface area contributed by atoms with Crippen LogP contribution in [0.5, 0.6) is 0 Å². The summed E-state index contributed by atoms with van der Waals surface area (Å²) >= 11 is 0. The van der Waals surface area contributed by atoms with E-state index >= 15 is 0 Å². The van der Waals surface area contributed by atoms with Crippen molar-refractivity contribution in [2.45, 2.75) is 26.1 Å². The number of anilines is 2. The van der Waals surface area contributed by atoms with Crippen molar-refractivity contribution in [3.8, 4) is 0 Å². The van der Waals surface area contributed by atoms with Crippen LogP contribution in [-0.4, -0.2) is 47.9 Å². The maximum Gasteiger partial charge on any atom is 0.416 e. The van der Waals surface area contributed by atoms with Gasteiger partial charge in [0.25, 0.3) is 5.69 Å². The van der Waals surface area contributed by atoms with Gasteiger partial charge in [0.2, 0.25) is 5.91 Å². The molecule has 0 radical (unpaired) electrons. The van der Waals surface area contributed by atoms with Crippen LogP contribution in [0, 0.1) is 10.1 Å². The second-order valence-corrected chi connectivity index (χ2v) is 7.91. The number of hydrogen-bond donors (Lipinski definition) is 2. The minimum absolute atomic E-state index is 0.0845. The maximum absolute atomic E-state index is 12.9. The monoisotopic (exact) mass is 479 g/mol. The Morgan fingerprint density at radius 3 is 2.35 bits per heavy atom. The van der Waals surface area contributed by atoms with Crippen LogP contribution in [0.4, 0.5) is 35.0 Å². The Morgan fingerprint density at radius 2 is 1.76 bits per heavy atom. The average Bonchev–Trinajstić information content (AvgIpc) is 2.77. The standard InChI is InChI=1S/C22H24F3N5O4/c1-14(16-4-3-5-18(12-16)27-15(2)31)26-21(32)29-10-8-28(9-11-29)19-7-6-17(22(23,24)25)13-20(19)30(33)34/h3-7,12-14H,8-11H2,1-2H3,(H,26,32)(H,27,31). The number of nitro groups is 1. The van der Waals surface area contributed by atoms with Gasteiger partial charge in [-0.1, -0.05) is 12.1 Å². The molecule has 1 fully saturated rings.